The van der Waals surface area contributed by atoms with Gasteiger partial charge in [0.25, 0.3) is 5.91 Å². The average Bonchev–Trinajstić information content (AvgIpc) is 4.04. The van der Waals surface area contributed by atoms with Crippen LogP contribution in [0.3, 0.4) is 0 Å². The zero-order chi connectivity index (χ0) is 44.8. The van der Waals surface area contributed by atoms with Gasteiger partial charge < -0.3 is 39.9 Å². The van der Waals surface area contributed by atoms with Gasteiger partial charge in [0.1, 0.15) is 23.7 Å². The van der Waals surface area contributed by atoms with Gasteiger partial charge in [-0.1, -0.05) is 87.5 Å². The average molecular weight is 873 g/mol. The van der Waals surface area contributed by atoms with Crippen molar-refractivity contribution in [2.45, 2.75) is 82.7 Å². The van der Waals surface area contributed by atoms with Gasteiger partial charge in [0.15, 0.2) is 0 Å². The first-order valence-electron chi connectivity index (χ1n) is 22.7. The quantitative estimate of drug-likeness (QED) is 0.111. The molecule has 4 heterocycles. The highest BCUT2D eigenvalue weighted by Crippen LogP contribution is 2.58. The molecule has 2 aliphatic carbocycles. The predicted molar refractivity (Wildman–Crippen MR) is 246 cm³/mol. The Morgan fingerprint density at radius 3 is 1.95 bits per heavy atom. The third-order valence-corrected chi connectivity index (χ3v) is 14.9. The topological polar surface area (TPSA) is 175 Å². The maximum Gasteiger partial charge on any atom is 0.407 e. The van der Waals surface area contributed by atoms with E-state index in [1.54, 1.807) is 0 Å². The van der Waals surface area contributed by atoms with Crippen LogP contribution >= 0.6 is 0 Å². The van der Waals surface area contributed by atoms with Crippen LogP contribution in [0.15, 0.2) is 91.0 Å². The number of alkyl carbamates (subject to hydrolysis) is 2. The number of ether oxygens (including phenoxy) is 2. The molecule has 2 saturated heterocycles. The number of piperidine rings is 2. The van der Waals surface area contributed by atoms with Crippen molar-refractivity contribution in [1.29, 1.82) is 0 Å². The number of aromatic amines is 2. The number of imidazole rings is 2. The number of methoxy groups -OCH3 is 2. The summed E-state index contributed by atoms with van der Waals surface area (Å²) in [5, 5.41) is 9.72. The SMILES string of the molecule is COC(=O)N[C@H](C(=O)N1C2C(C[C@H]1c1nc3c(ccc4cc(-c5ccc6c(ccc7[nH]c([C@@H]8[C@H]9CC[C@H](C9)N8C(=O)[C@H](NC(=O)OC)c8ccccc8)nc76)c5)ccc43)[nH]1)[C@H]2C)C(C)C. The lowest BCUT2D eigenvalue weighted by Crippen LogP contribution is -2.52. The summed E-state index contributed by atoms with van der Waals surface area (Å²) in [7, 11) is 2.61. The highest BCUT2D eigenvalue weighted by Gasteiger charge is 2.61. The fourth-order valence-electron chi connectivity index (χ4n) is 11.5. The van der Waals surface area contributed by atoms with E-state index in [0.717, 1.165) is 92.1 Å². The number of likely N-dealkylation sites (tertiary alicyclic amines) is 2. The predicted octanol–water partition coefficient (Wildman–Crippen LogP) is 8.85. The summed E-state index contributed by atoms with van der Waals surface area (Å²) in [6, 6.07) is 28.7. The second-order valence-electron chi connectivity index (χ2n) is 18.8. The lowest BCUT2D eigenvalue weighted by Gasteiger charge is -2.36. The van der Waals surface area contributed by atoms with Crippen LogP contribution in [0.4, 0.5) is 9.59 Å². The van der Waals surface area contributed by atoms with Crippen LogP contribution in [0.25, 0.3) is 54.7 Å². The minimum Gasteiger partial charge on any atom is -0.453 e. The lowest BCUT2D eigenvalue weighted by atomic mass is 9.96. The molecule has 0 spiro atoms. The fourth-order valence-corrected chi connectivity index (χ4v) is 11.5. The van der Waals surface area contributed by atoms with Crippen LogP contribution in [0.2, 0.25) is 0 Å². The number of nitrogens with one attached hydrogen (secondary N) is 4. The van der Waals surface area contributed by atoms with Crippen molar-refractivity contribution in [2.24, 2.45) is 23.7 Å². The number of aromatic nitrogens is 4. The molecule has 9 atom stereocenters. The molecule has 11 rings (SSSR count). The van der Waals surface area contributed by atoms with Crippen molar-refractivity contribution in [3.63, 3.8) is 0 Å². The molecule has 2 saturated carbocycles. The summed E-state index contributed by atoms with van der Waals surface area (Å²) < 4.78 is 9.79. The minimum absolute atomic E-state index is 0.0624. The summed E-state index contributed by atoms with van der Waals surface area (Å²) >= 11 is 0. The van der Waals surface area contributed by atoms with E-state index in [1.165, 1.54) is 14.2 Å². The maximum absolute atomic E-state index is 14.5. The third-order valence-electron chi connectivity index (χ3n) is 14.9. The van der Waals surface area contributed by atoms with E-state index < -0.39 is 24.3 Å². The van der Waals surface area contributed by atoms with Crippen LogP contribution in [0.5, 0.6) is 0 Å². The zero-order valence-electron chi connectivity index (χ0n) is 37.0. The molecule has 2 unspecified atom stereocenters. The van der Waals surface area contributed by atoms with Crippen LogP contribution < -0.4 is 10.6 Å². The summed E-state index contributed by atoms with van der Waals surface area (Å²) in [5.41, 5.74) is 6.38. The van der Waals surface area contributed by atoms with Gasteiger partial charge in [-0.2, -0.15) is 0 Å². The van der Waals surface area contributed by atoms with Crippen LogP contribution in [0, 0.1) is 23.7 Å². The van der Waals surface area contributed by atoms with Gasteiger partial charge in [-0.05, 0) is 101 Å². The molecule has 4 amide bonds. The molecule has 5 aromatic carbocycles. The van der Waals surface area contributed by atoms with E-state index in [9.17, 15) is 19.2 Å². The zero-order valence-corrected chi connectivity index (χ0v) is 37.0. The lowest BCUT2D eigenvalue weighted by molar-refractivity contribution is -0.138. The van der Waals surface area contributed by atoms with E-state index in [0.29, 0.717) is 17.4 Å². The van der Waals surface area contributed by atoms with Gasteiger partial charge in [-0.15, -0.1) is 0 Å². The van der Waals surface area contributed by atoms with Gasteiger partial charge in [-0.3, -0.25) is 9.59 Å². The van der Waals surface area contributed by atoms with Crippen LogP contribution in [-0.2, 0) is 19.1 Å². The van der Waals surface area contributed by atoms with Crippen molar-refractivity contribution in [3.8, 4) is 11.1 Å². The van der Waals surface area contributed by atoms with Crippen LogP contribution in [-0.4, -0.2) is 86.1 Å². The molecule has 7 aromatic rings. The van der Waals surface area contributed by atoms with Gasteiger partial charge >= 0.3 is 12.2 Å². The summed E-state index contributed by atoms with van der Waals surface area (Å²) in [4.78, 5) is 74.8. The molecule has 14 heteroatoms. The Morgan fingerprint density at radius 1 is 0.708 bits per heavy atom. The standard InChI is InChI=1S/C51H52N8O6/c1-25(2)40(56-50(62)64-4)48(60)59-39(24-36-26(3)44(36)59)46-52-37-19-14-30-21-28(12-17-34(30)42(37)54-46)29-13-18-35-31(22-29)15-20-38-43(35)55-47(53-38)45-32-11-16-33(23-32)58(45)49(61)41(57-51(63)65-5)27-9-7-6-8-10-27/h6-10,12-15,17-22,25-26,32-33,36,39-41,44-45H,11,16,23-24H2,1-5H3,(H,52,54)(H,53,55)(H,56,62)(H,57,63)/t26-,32+,33-,36?,39+,40+,41-,44?,45+/m1/s1. The molecule has 2 bridgehead atoms. The number of hydrogen-bond acceptors (Lipinski definition) is 8. The Kier molecular flexibility index (Phi) is 9.81. The molecular formula is C51H52N8O6. The highest BCUT2D eigenvalue weighted by atomic mass is 16.5. The maximum atomic E-state index is 14.5. The number of carbonyl (C=O) groups excluding carboxylic acids is 4. The minimum atomic E-state index is -0.886. The Hall–Kier alpha value is -6.96. The molecule has 4 aliphatic rings. The molecular weight excluding hydrogens is 821 g/mol. The first-order valence-corrected chi connectivity index (χ1v) is 22.7. The van der Waals surface area contributed by atoms with Crippen molar-refractivity contribution in [2.75, 3.05) is 14.2 Å². The Bertz CT molecular complexity index is 3050. The first kappa shape index (κ1) is 40.8. The van der Waals surface area contributed by atoms with E-state index in [1.807, 2.05) is 54.0 Å². The normalized spacial score (nSPS) is 24.2. The highest BCUT2D eigenvalue weighted by molar-refractivity contribution is 6.07. The second-order valence-corrected chi connectivity index (χ2v) is 18.8. The smallest absolute Gasteiger partial charge is 0.407 e. The summed E-state index contributed by atoms with van der Waals surface area (Å²) in [6.45, 7) is 6.05. The van der Waals surface area contributed by atoms with Gasteiger partial charge in [-0.25, -0.2) is 19.6 Å². The number of H-pyrrole nitrogens is 2. The van der Waals surface area contributed by atoms with Crippen molar-refractivity contribution in [1.82, 2.24) is 40.4 Å². The Labute approximate surface area is 375 Å². The monoisotopic (exact) mass is 872 g/mol. The molecule has 4 fully saturated rings. The number of amides is 4. The molecule has 2 aliphatic heterocycles. The molecule has 0 radical (unpaired) electrons. The van der Waals surface area contributed by atoms with Crippen LogP contribution in [0.1, 0.15) is 81.8 Å². The summed E-state index contributed by atoms with van der Waals surface area (Å²) in [6.07, 6.45) is 2.37. The number of nitrogens with zero attached hydrogens (tertiary/aromatic N) is 4. The van der Waals surface area contributed by atoms with Gasteiger partial charge in [0.2, 0.25) is 5.91 Å². The second kappa shape index (κ2) is 15.6. The van der Waals surface area contributed by atoms with Gasteiger partial charge in [0.05, 0.1) is 48.4 Å². The number of benzene rings is 5. The first-order chi connectivity index (χ1) is 31.5. The fraction of sp³-hybridized carbons (Fsp3) is 0.373. The largest absolute Gasteiger partial charge is 0.453 e. The van der Waals surface area contributed by atoms with Crippen molar-refractivity contribution in [3.05, 3.63) is 108 Å². The van der Waals surface area contributed by atoms with E-state index in [2.05, 4.69) is 88.2 Å². The van der Waals surface area contributed by atoms with Crippen molar-refractivity contribution >= 4 is 67.6 Å². The van der Waals surface area contributed by atoms with Crippen molar-refractivity contribution < 1.29 is 28.7 Å². The number of rotatable bonds is 9. The van der Waals surface area contributed by atoms with E-state index in [-0.39, 0.29) is 47.8 Å². The summed E-state index contributed by atoms with van der Waals surface area (Å²) in [5.74, 6) is 2.19. The number of hydrogen-bond donors (Lipinski definition) is 4. The molecule has 332 valence electrons. The van der Waals surface area contributed by atoms with Gasteiger partial charge in [0, 0.05) is 22.9 Å². The Balaban J connectivity index is 0.876. The van der Waals surface area contributed by atoms with E-state index >= 15 is 0 Å². The molecule has 4 N–H and O–H groups in total. The Morgan fingerprint density at radius 2 is 1.32 bits per heavy atom. The molecule has 2 aromatic heterocycles. The molecule has 14 nitrogen and oxygen atoms in total. The number of fused-ring (bicyclic) bond motifs is 9. The third kappa shape index (κ3) is 6.75. The molecule has 65 heavy (non-hydrogen) atoms. The van der Waals surface area contributed by atoms with E-state index in [4.69, 9.17) is 19.4 Å². The number of carbonyl (C=O) groups is 4.